The molecule has 0 atom stereocenters. The van der Waals surface area contributed by atoms with Gasteiger partial charge in [-0.3, -0.25) is 25.6 Å². The number of hydrogen-bond donors (Lipinski definition) is 3. The molecular formula is C26H25F3N6O2. The van der Waals surface area contributed by atoms with Crippen LogP contribution in [0, 0.1) is 10.8 Å². The molecule has 0 saturated heterocycles. The standard InChI is InChI=1S/C26H25F3N6O2/c27-26(28,29)15-37-11-10-35(16-30)24(31)19-2-1-3-21(12-19)34-25(36)23-13-18(8-9-32-23)20-6-7-22(33-14-20)17-4-5-17/h1-3,6-9,12-14,16-17,30-31H,4-5,10-11,15H2,(H,34,36). The van der Waals surface area contributed by atoms with Gasteiger partial charge in [0.25, 0.3) is 5.91 Å². The number of benzene rings is 1. The van der Waals surface area contributed by atoms with Crippen molar-refractivity contribution in [2.24, 2.45) is 0 Å². The number of halogens is 3. The summed E-state index contributed by atoms with van der Waals surface area (Å²) in [5.74, 6) is -0.0135. The minimum Gasteiger partial charge on any atom is -0.370 e. The first-order chi connectivity index (χ1) is 17.7. The van der Waals surface area contributed by atoms with Crippen molar-refractivity contribution in [1.82, 2.24) is 14.9 Å². The molecule has 1 fully saturated rings. The minimum absolute atomic E-state index is 0.109. The van der Waals surface area contributed by atoms with Crippen molar-refractivity contribution in [3.8, 4) is 11.1 Å². The summed E-state index contributed by atoms with van der Waals surface area (Å²) in [6.45, 7) is -1.82. The topological polar surface area (TPSA) is 115 Å². The Bertz CT molecular complexity index is 1280. The van der Waals surface area contributed by atoms with Crippen molar-refractivity contribution >= 4 is 23.8 Å². The summed E-state index contributed by atoms with van der Waals surface area (Å²) in [6.07, 6.45) is 2.08. The zero-order valence-corrected chi connectivity index (χ0v) is 19.8. The van der Waals surface area contributed by atoms with Gasteiger partial charge in [-0.05, 0) is 48.7 Å². The van der Waals surface area contributed by atoms with Gasteiger partial charge in [-0.2, -0.15) is 13.2 Å². The van der Waals surface area contributed by atoms with E-state index in [9.17, 15) is 18.0 Å². The van der Waals surface area contributed by atoms with Gasteiger partial charge in [0.1, 0.15) is 18.1 Å². The largest absolute Gasteiger partial charge is 0.411 e. The van der Waals surface area contributed by atoms with E-state index in [4.69, 9.17) is 10.8 Å². The van der Waals surface area contributed by atoms with Crippen LogP contribution < -0.4 is 5.32 Å². The molecule has 37 heavy (non-hydrogen) atoms. The van der Waals surface area contributed by atoms with Gasteiger partial charge in [-0.15, -0.1) is 0 Å². The lowest BCUT2D eigenvalue weighted by atomic mass is 10.1. The number of anilines is 1. The normalized spacial score (nSPS) is 13.2. The Morgan fingerprint density at radius 3 is 2.62 bits per heavy atom. The van der Waals surface area contributed by atoms with Crippen molar-refractivity contribution in [3.05, 3.63) is 77.9 Å². The van der Waals surface area contributed by atoms with Gasteiger partial charge in [-0.25, -0.2) is 0 Å². The number of nitrogens with zero attached hydrogens (tertiary/aromatic N) is 3. The van der Waals surface area contributed by atoms with Crippen LogP contribution in [0.1, 0.15) is 40.5 Å². The number of hydrogen-bond acceptors (Lipinski definition) is 6. The van der Waals surface area contributed by atoms with E-state index in [2.05, 4.69) is 20.0 Å². The second-order valence-electron chi connectivity index (χ2n) is 8.55. The van der Waals surface area contributed by atoms with Crippen LogP contribution in [0.25, 0.3) is 11.1 Å². The fourth-order valence-corrected chi connectivity index (χ4v) is 3.63. The van der Waals surface area contributed by atoms with Crippen molar-refractivity contribution in [2.45, 2.75) is 24.9 Å². The van der Waals surface area contributed by atoms with E-state index in [-0.39, 0.29) is 24.7 Å². The number of nitrogens with one attached hydrogen (secondary N) is 3. The fraction of sp³-hybridized carbons (Fsp3) is 0.269. The molecule has 0 unspecified atom stereocenters. The monoisotopic (exact) mass is 510 g/mol. The minimum atomic E-state index is -4.44. The van der Waals surface area contributed by atoms with Crippen LogP contribution in [0.3, 0.4) is 0 Å². The number of amides is 1. The van der Waals surface area contributed by atoms with Crippen LogP contribution in [-0.2, 0) is 4.74 Å². The second kappa shape index (κ2) is 11.3. The van der Waals surface area contributed by atoms with Crippen LogP contribution in [-0.4, -0.2) is 58.9 Å². The van der Waals surface area contributed by atoms with Crippen LogP contribution in [0.4, 0.5) is 18.9 Å². The van der Waals surface area contributed by atoms with Crippen LogP contribution in [0.5, 0.6) is 0 Å². The summed E-state index contributed by atoms with van der Waals surface area (Å²) in [7, 11) is 0. The third kappa shape index (κ3) is 7.20. The Balaban J connectivity index is 1.40. The molecule has 1 aromatic carbocycles. The SMILES string of the molecule is N=CN(CCOCC(F)(F)F)C(=N)c1cccc(NC(=O)c2cc(-c3ccc(C4CC4)nc3)ccn2)c1. The Morgan fingerprint density at radius 1 is 1.14 bits per heavy atom. The molecule has 2 heterocycles. The highest BCUT2D eigenvalue weighted by molar-refractivity contribution is 6.06. The van der Waals surface area contributed by atoms with Crippen molar-refractivity contribution in [3.63, 3.8) is 0 Å². The summed E-state index contributed by atoms with van der Waals surface area (Å²) < 4.78 is 41.3. The van der Waals surface area contributed by atoms with E-state index in [1.807, 2.05) is 12.1 Å². The molecule has 1 aliphatic carbocycles. The average molecular weight is 511 g/mol. The number of aromatic nitrogens is 2. The molecule has 11 heteroatoms. The number of alkyl halides is 3. The molecule has 0 bridgehead atoms. The third-order valence-electron chi connectivity index (χ3n) is 5.69. The summed E-state index contributed by atoms with van der Waals surface area (Å²) >= 11 is 0. The molecule has 0 aliphatic heterocycles. The van der Waals surface area contributed by atoms with Crippen LogP contribution in [0.2, 0.25) is 0 Å². The smallest absolute Gasteiger partial charge is 0.370 e. The van der Waals surface area contributed by atoms with E-state index in [1.54, 1.807) is 42.7 Å². The molecule has 0 spiro atoms. The zero-order valence-electron chi connectivity index (χ0n) is 19.8. The van der Waals surface area contributed by atoms with E-state index in [0.29, 0.717) is 17.2 Å². The van der Waals surface area contributed by atoms with Crippen molar-refractivity contribution in [1.29, 1.82) is 10.8 Å². The number of carbonyl (C=O) groups excluding carboxylic acids is 1. The van der Waals surface area contributed by atoms with E-state index < -0.39 is 18.7 Å². The van der Waals surface area contributed by atoms with E-state index in [1.165, 1.54) is 18.9 Å². The highest BCUT2D eigenvalue weighted by atomic mass is 19.4. The first kappa shape index (κ1) is 26.0. The molecule has 0 radical (unpaired) electrons. The first-order valence-electron chi connectivity index (χ1n) is 11.6. The van der Waals surface area contributed by atoms with E-state index >= 15 is 0 Å². The maximum absolute atomic E-state index is 12.9. The molecule has 4 rings (SSSR count). The molecule has 1 amide bonds. The highest BCUT2D eigenvalue weighted by Crippen LogP contribution is 2.39. The Morgan fingerprint density at radius 2 is 1.95 bits per heavy atom. The summed E-state index contributed by atoms with van der Waals surface area (Å²) in [5.41, 5.74) is 3.72. The number of ether oxygens (including phenoxy) is 1. The third-order valence-corrected chi connectivity index (χ3v) is 5.69. The van der Waals surface area contributed by atoms with Crippen LogP contribution >= 0.6 is 0 Å². The quantitative estimate of drug-likeness (QED) is 0.200. The number of rotatable bonds is 10. The molecular weight excluding hydrogens is 485 g/mol. The Hall–Kier alpha value is -4.12. The fourth-order valence-electron chi connectivity index (χ4n) is 3.63. The van der Waals surface area contributed by atoms with Gasteiger partial charge in [0.15, 0.2) is 0 Å². The van der Waals surface area contributed by atoms with Crippen molar-refractivity contribution < 1.29 is 22.7 Å². The molecule has 1 aliphatic rings. The predicted molar refractivity (Wildman–Crippen MR) is 133 cm³/mol. The maximum atomic E-state index is 12.9. The van der Waals surface area contributed by atoms with E-state index in [0.717, 1.165) is 28.1 Å². The van der Waals surface area contributed by atoms with Gasteiger partial charge in [0, 0.05) is 47.4 Å². The molecule has 3 aromatic rings. The summed E-state index contributed by atoms with van der Waals surface area (Å²) in [4.78, 5) is 22.7. The average Bonchev–Trinajstić information content (AvgIpc) is 3.74. The van der Waals surface area contributed by atoms with Gasteiger partial charge in [0.05, 0.1) is 12.9 Å². The molecule has 2 aromatic heterocycles. The zero-order chi connectivity index (χ0) is 26.4. The molecule has 3 N–H and O–H groups in total. The van der Waals surface area contributed by atoms with Gasteiger partial charge >= 0.3 is 6.18 Å². The number of amidine groups is 1. The number of pyridine rings is 2. The summed E-state index contributed by atoms with van der Waals surface area (Å²) in [6, 6.07) is 13.9. The predicted octanol–water partition coefficient (Wildman–Crippen LogP) is 5.09. The molecule has 8 nitrogen and oxygen atoms in total. The van der Waals surface area contributed by atoms with Crippen molar-refractivity contribution in [2.75, 3.05) is 25.1 Å². The number of carbonyl (C=O) groups is 1. The second-order valence-corrected chi connectivity index (χ2v) is 8.55. The Kier molecular flexibility index (Phi) is 7.92. The first-order valence-corrected chi connectivity index (χ1v) is 11.6. The maximum Gasteiger partial charge on any atom is 0.411 e. The van der Waals surface area contributed by atoms with Gasteiger partial charge in [-0.1, -0.05) is 18.2 Å². The lowest BCUT2D eigenvalue weighted by Crippen LogP contribution is -2.33. The van der Waals surface area contributed by atoms with Gasteiger partial charge in [0.2, 0.25) is 0 Å². The Labute approximate surface area is 211 Å². The van der Waals surface area contributed by atoms with Crippen LogP contribution in [0.15, 0.2) is 60.9 Å². The van der Waals surface area contributed by atoms with Gasteiger partial charge < -0.3 is 15.0 Å². The molecule has 1 saturated carbocycles. The highest BCUT2D eigenvalue weighted by Gasteiger charge is 2.27. The lowest BCUT2D eigenvalue weighted by Gasteiger charge is -2.20. The lowest BCUT2D eigenvalue weighted by molar-refractivity contribution is -0.173. The molecule has 192 valence electrons. The summed E-state index contributed by atoms with van der Waals surface area (Å²) in [5, 5.41) is 18.6.